The molecule has 3 atom stereocenters. The van der Waals surface area contributed by atoms with Crippen molar-refractivity contribution in [3.8, 4) is 5.75 Å². The minimum absolute atomic E-state index is 0.117. The second kappa shape index (κ2) is 12.6. The predicted molar refractivity (Wildman–Crippen MR) is 142 cm³/mol. The maximum atomic E-state index is 13.0. The van der Waals surface area contributed by atoms with Crippen LogP contribution < -0.4 is 15.4 Å². The summed E-state index contributed by atoms with van der Waals surface area (Å²) in [6, 6.07) is 7.29. The van der Waals surface area contributed by atoms with Crippen LogP contribution >= 0.6 is 22.6 Å². The fraction of sp³-hybridized carbons (Fsp3) is 0.625. The first-order valence-corrected chi connectivity index (χ1v) is 15.5. The highest BCUT2D eigenvalue weighted by Crippen LogP contribution is 2.39. The maximum Gasteiger partial charge on any atom is 0.247 e. The van der Waals surface area contributed by atoms with E-state index in [4.69, 9.17) is 9.47 Å². The number of carbonyl (C=O) groups excluding carboxylic acids is 1. The Morgan fingerprint density at radius 3 is 2.61 bits per heavy atom. The minimum atomic E-state index is -2.27. The van der Waals surface area contributed by atoms with Gasteiger partial charge in [-0.1, -0.05) is 26.0 Å². The molecule has 9 heteroatoms. The average molecular weight is 591 g/mol. The van der Waals surface area contributed by atoms with E-state index >= 15 is 0 Å². The van der Waals surface area contributed by atoms with Crippen molar-refractivity contribution in [1.29, 1.82) is 0 Å². The van der Waals surface area contributed by atoms with Gasteiger partial charge in [-0.05, 0) is 78.2 Å². The summed E-state index contributed by atoms with van der Waals surface area (Å²) >= 11 is 2.20. The number of aliphatic hydroxyl groups is 1. The molecule has 1 aromatic rings. The Kier molecular flexibility index (Phi) is 10.8. The third kappa shape index (κ3) is 8.32. The Morgan fingerprint density at radius 1 is 1.27 bits per heavy atom. The molecule has 0 aliphatic heterocycles. The second-order valence-electron chi connectivity index (χ2n) is 9.76. The molecule has 0 saturated heterocycles. The molecular formula is C24H39IN2O5Si. The molecule has 2 rings (SSSR count). The average Bonchev–Trinajstić information content (AvgIpc) is 2.74. The van der Waals surface area contributed by atoms with Crippen LogP contribution in [0, 0.1) is 3.57 Å². The Balaban J connectivity index is 2.06. The van der Waals surface area contributed by atoms with Gasteiger partial charge in [-0.15, -0.1) is 0 Å². The van der Waals surface area contributed by atoms with Gasteiger partial charge >= 0.3 is 0 Å². The quantitative estimate of drug-likeness (QED) is 0.170. The lowest BCUT2D eigenvalue weighted by Crippen LogP contribution is -2.52. The summed E-state index contributed by atoms with van der Waals surface area (Å²) in [7, 11) is -0.638. The maximum absolute atomic E-state index is 13.0. The van der Waals surface area contributed by atoms with E-state index in [1.165, 1.54) is 0 Å². The normalized spacial score (nSPS) is 21.5. The third-order valence-electron chi connectivity index (χ3n) is 6.58. The topological polar surface area (TPSA) is 100 Å². The lowest BCUT2D eigenvalue weighted by molar-refractivity contribution is -0.118. The smallest absolute Gasteiger partial charge is 0.247 e. The third-order valence-corrected chi connectivity index (χ3v) is 11.0. The van der Waals surface area contributed by atoms with Crippen molar-refractivity contribution in [1.82, 2.24) is 10.6 Å². The highest BCUT2D eigenvalue weighted by Gasteiger charge is 2.38. The largest absolute Gasteiger partial charge is 0.482 e. The van der Waals surface area contributed by atoms with Gasteiger partial charge in [-0.25, -0.2) is 0 Å². The zero-order valence-corrected chi connectivity index (χ0v) is 23.5. The molecule has 1 aromatic carbocycles. The van der Waals surface area contributed by atoms with Crippen molar-refractivity contribution in [2.24, 2.45) is 0 Å². The molecule has 33 heavy (non-hydrogen) atoms. The summed E-state index contributed by atoms with van der Waals surface area (Å²) in [4.78, 5) is 23.4. The van der Waals surface area contributed by atoms with Crippen molar-refractivity contribution >= 4 is 36.8 Å². The highest BCUT2D eigenvalue weighted by molar-refractivity contribution is 14.1. The van der Waals surface area contributed by atoms with Crippen LogP contribution in [0.1, 0.15) is 33.1 Å². The van der Waals surface area contributed by atoms with Gasteiger partial charge in [0, 0.05) is 31.8 Å². The van der Waals surface area contributed by atoms with Gasteiger partial charge in [0.2, 0.25) is 5.91 Å². The Morgan fingerprint density at radius 2 is 1.97 bits per heavy atom. The number of para-hydroxylation sites is 1. The number of rotatable bonds is 12. The first-order chi connectivity index (χ1) is 15.5. The SMILES string of the molecule is COCCN[C@@H]1CC(C(=O)NCCCC(C)(C)[Si](C)(C)O)=C[C@H](Oc2ccccc2I)[C@H]1O. The van der Waals surface area contributed by atoms with E-state index in [2.05, 4.69) is 47.1 Å². The monoisotopic (exact) mass is 590 g/mol. The number of ether oxygens (including phenoxy) is 2. The molecule has 1 aliphatic carbocycles. The second-order valence-corrected chi connectivity index (χ2v) is 15.4. The minimum Gasteiger partial charge on any atom is -0.482 e. The molecule has 186 valence electrons. The molecule has 0 bridgehead atoms. The Hall–Kier alpha value is -0.983. The molecule has 0 fully saturated rings. The van der Waals surface area contributed by atoms with Crippen LogP contribution in [0.2, 0.25) is 18.1 Å². The van der Waals surface area contributed by atoms with Gasteiger partial charge < -0.3 is 30.0 Å². The van der Waals surface area contributed by atoms with E-state index < -0.39 is 20.5 Å². The van der Waals surface area contributed by atoms with Crippen LogP contribution in [-0.4, -0.2) is 69.2 Å². The number of benzene rings is 1. The lowest BCUT2D eigenvalue weighted by atomic mass is 9.89. The summed E-state index contributed by atoms with van der Waals surface area (Å²) in [6.07, 6.45) is 2.35. The number of carbonyl (C=O) groups is 1. The Bertz CT molecular complexity index is 812. The lowest BCUT2D eigenvalue weighted by Gasteiger charge is -2.35. The molecule has 1 amide bonds. The highest BCUT2D eigenvalue weighted by atomic mass is 127. The molecule has 1 aliphatic rings. The molecule has 4 N–H and O–H groups in total. The van der Waals surface area contributed by atoms with Crippen LogP contribution in [0.5, 0.6) is 5.75 Å². The first kappa shape index (κ1) is 28.3. The van der Waals surface area contributed by atoms with E-state index in [1.807, 2.05) is 37.4 Å². The fourth-order valence-corrected chi connectivity index (χ4v) is 4.90. The molecule has 0 saturated carbocycles. The summed E-state index contributed by atoms with van der Waals surface area (Å²) in [5, 5.41) is 17.1. The van der Waals surface area contributed by atoms with Gasteiger partial charge in [0.1, 0.15) is 18.0 Å². The van der Waals surface area contributed by atoms with Crippen molar-refractivity contribution in [3.05, 3.63) is 39.5 Å². The van der Waals surface area contributed by atoms with E-state index in [1.54, 1.807) is 13.2 Å². The number of nitrogens with one attached hydrogen (secondary N) is 2. The van der Waals surface area contributed by atoms with Crippen LogP contribution in [0.15, 0.2) is 35.9 Å². The van der Waals surface area contributed by atoms with Crippen LogP contribution in [0.4, 0.5) is 0 Å². The number of hydrogen-bond acceptors (Lipinski definition) is 6. The van der Waals surface area contributed by atoms with E-state index in [9.17, 15) is 14.7 Å². The number of methoxy groups -OCH3 is 1. The summed E-state index contributed by atoms with van der Waals surface area (Å²) < 4.78 is 12.2. The molecule has 7 nitrogen and oxygen atoms in total. The summed E-state index contributed by atoms with van der Waals surface area (Å²) in [5.74, 6) is 0.531. The molecule has 0 spiro atoms. The van der Waals surface area contributed by atoms with Crippen LogP contribution in [-0.2, 0) is 9.53 Å². The van der Waals surface area contributed by atoms with Gasteiger partial charge in [0.05, 0.1) is 10.2 Å². The fourth-order valence-electron chi connectivity index (χ4n) is 3.60. The van der Waals surface area contributed by atoms with Gasteiger partial charge in [0.25, 0.3) is 0 Å². The summed E-state index contributed by atoms with van der Waals surface area (Å²) in [5.41, 5.74) is 0.599. The van der Waals surface area contributed by atoms with Gasteiger partial charge in [-0.2, -0.15) is 0 Å². The molecule has 0 heterocycles. The standard InChI is InChI=1S/C24H39IN2O5Si/c1-24(2,33(4,5)30)11-8-12-27-23(29)17-15-19(26-13-14-31-3)22(28)21(16-17)32-20-10-7-6-9-18(20)25/h6-7,9-10,16,19,21-22,26,28,30H,8,11-15H2,1-5H3,(H,27,29)/t19-,21+,22+/m1/s1. The van der Waals surface area contributed by atoms with Crippen molar-refractivity contribution in [3.63, 3.8) is 0 Å². The van der Waals surface area contributed by atoms with Crippen LogP contribution in [0.25, 0.3) is 0 Å². The number of aliphatic hydroxyl groups excluding tert-OH is 1. The van der Waals surface area contributed by atoms with E-state index in [0.717, 1.165) is 16.4 Å². The van der Waals surface area contributed by atoms with E-state index in [0.29, 0.717) is 37.4 Å². The van der Waals surface area contributed by atoms with E-state index in [-0.39, 0.29) is 17.0 Å². The Labute approximate surface area is 212 Å². The predicted octanol–water partition coefficient (Wildman–Crippen LogP) is 3.21. The van der Waals surface area contributed by atoms with Gasteiger partial charge in [0.15, 0.2) is 8.32 Å². The van der Waals surface area contributed by atoms with Gasteiger partial charge in [-0.3, -0.25) is 4.79 Å². The number of halogens is 1. The number of hydrogen-bond donors (Lipinski definition) is 4. The van der Waals surface area contributed by atoms with Crippen LogP contribution in [0.3, 0.4) is 0 Å². The molecular weight excluding hydrogens is 551 g/mol. The molecule has 0 unspecified atom stereocenters. The zero-order chi connectivity index (χ0) is 24.6. The van der Waals surface area contributed by atoms with Crippen molar-refractivity contribution in [2.75, 3.05) is 26.8 Å². The van der Waals surface area contributed by atoms with Crippen molar-refractivity contribution in [2.45, 2.75) is 69.5 Å². The molecule has 0 radical (unpaired) electrons. The van der Waals surface area contributed by atoms with Crippen molar-refractivity contribution < 1.29 is 24.2 Å². The molecule has 0 aromatic heterocycles. The first-order valence-electron chi connectivity index (χ1n) is 11.5. The summed E-state index contributed by atoms with van der Waals surface area (Å²) in [6.45, 7) is 9.71. The zero-order valence-electron chi connectivity index (χ0n) is 20.4. The number of amides is 1.